The summed E-state index contributed by atoms with van der Waals surface area (Å²) in [4.78, 5) is 14.3. The molecule has 0 radical (unpaired) electrons. The van der Waals surface area contributed by atoms with Crippen LogP contribution in [-0.2, 0) is 20.9 Å². The van der Waals surface area contributed by atoms with Crippen molar-refractivity contribution in [3.8, 4) is 5.75 Å². The van der Waals surface area contributed by atoms with Gasteiger partial charge in [0.25, 0.3) is 0 Å². The lowest BCUT2D eigenvalue weighted by atomic mass is 10.0. The summed E-state index contributed by atoms with van der Waals surface area (Å²) >= 11 is 6.04. The third kappa shape index (κ3) is 7.53. The molecule has 0 aromatic heterocycles. The first-order valence-electron chi connectivity index (χ1n) is 10.7. The molecule has 168 valence electrons. The van der Waals surface area contributed by atoms with Gasteiger partial charge in [-0.05, 0) is 68.7 Å². The van der Waals surface area contributed by atoms with Crippen LogP contribution in [0.3, 0.4) is 0 Å². The Hall–Kier alpha value is -2.08. The molecular formula is C25H32ClNO4. The summed E-state index contributed by atoms with van der Waals surface area (Å²) in [6.07, 6.45) is 0.369. The minimum Gasteiger partial charge on any atom is -0.489 e. The molecule has 1 aliphatic heterocycles. The van der Waals surface area contributed by atoms with Crippen molar-refractivity contribution < 1.29 is 19.0 Å². The van der Waals surface area contributed by atoms with Crippen LogP contribution in [0.25, 0.3) is 0 Å². The van der Waals surface area contributed by atoms with Gasteiger partial charge in [0.2, 0.25) is 0 Å². The fourth-order valence-electron chi connectivity index (χ4n) is 3.63. The van der Waals surface area contributed by atoms with E-state index < -0.39 is 5.60 Å². The molecule has 31 heavy (non-hydrogen) atoms. The first-order valence-corrected chi connectivity index (χ1v) is 11.1. The van der Waals surface area contributed by atoms with Crippen molar-refractivity contribution in [2.24, 2.45) is 0 Å². The standard InChI is InChI=1S/C25H32ClNO4/c1-18-14-21(30-17-19-6-5-7-20(26)15-19)8-9-22(18)23-16-27(12-13-29-23)11-10-24(28)31-25(2,3)4/h5-9,14-15,23H,10-13,16-17H2,1-4H3. The van der Waals surface area contributed by atoms with Gasteiger partial charge in [0.05, 0.1) is 19.1 Å². The van der Waals surface area contributed by atoms with E-state index in [4.69, 9.17) is 25.8 Å². The van der Waals surface area contributed by atoms with Crippen molar-refractivity contribution in [3.63, 3.8) is 0 Å². The number of rotatable bonds is 7. The minimum atomic E-state index is -0.446. The van der Waals surface area contributed by atoms with Crippen molar-refractivity contribution in [2.45, 2.75) is 52.4 Å². The molecule has 2 aromatic rings. The summed E-state index contributed by atoms with van der Waals surface area (Å²) in [5, 5.41) is 0.707. The van der Waals surface area contributed by atoms with Gasteiger partial charge in [-0.2, -0.15) is 0 Å². The zero-order chi connectivity index (χ0) is 22.4. The van der Waals surface area contributed by atoms with Gasteiger partial charge in [-0.1, -0.05) is 29.8 Å². The summed E-state index contributed by atoms with van der Waals surface area (Å²) in [5.74, 6) is 0.659. The highest BCUT2D eigenvalue weighted by molar-refractivity contribution is 6.30. The zero-order valence-corrected chi connectivity index (χ0v) is 19.6. The number of hydrogen-bond donors (Lipinski definition) is 0. The van der Waals surface area contributed by atoms with Gasteiger partial charge in [-0.15, -0.1) is 0 Å². The maximum absolute atomic E-state index is 12.0. The fraction of sp³-hybridized carbons (Fsp3) is 0.480. The molecule has 0 aliphatic carbocycles. The molecule has 6 heteroatoms. The normalized spacial score (nSPS) is 17.4. The molecule has 1 atom stereocenters. The molecule has 0 N–H and O–H groups in total. The van der Waals surface area contributed by atoms with E-state index in [9.17, 15) is 4.79 Å². The quantitative estimate of drug-likeness (QED) is 0.539. The van der Waals surface area contributed by atoms with Crippen LogP contribution in [-0.4, -0.2) is 42.7 Å². The average molecular weight is 446 g/mol. The second kappa shape index (κ2) is 10.5. The summed E-state index contributed by atoms with van der Waals surface area (Å²) in [6.45, 7) is 11.1. The van der Waals surface area contributed by atoms with Gasteiger partial charge < -0.3 is 14.2 Å². The van der Waals surface area contributed by atoms with Crippen LogP contribution in [0, 0.1) is 6.92 Å². The average Bonchev–Trinajstić information content (AvgIpc) is 2.70. The smallest absolute Gasteiger partial charge is 0.307 e. The molecular weight excluding hydrogens is 414 g/mol. The molecule has 0 spiro atoms. The van der Waals surface area contributed by atoms with Crippen LogP contribution in [0.4, 0.5) is 0 Å². The highest BCUT2D eigenvalue weighted by Gasteiger charge is 2.24. The van der Waals surface area contributed by atoms with Crippen molar-refractivity contribution >= 4 is 17.6 Å². The van der Waals surface area contributed by atoms with Crippen LogP contribution in [0.5, 0.6) is 5.75 Å². The third-order valence-electron chi connectivity index (χ3n) is 5.09. The maximum Gasteiger partial charge on any atom is 0.307 e. The van der Waals surface area contributed by atoms with Gasteiger partial charge >= 0.3 is 5.97 Å². The predicted molar refractivity (Wildman–Crippen MR) is 123 cm³/mol. The van der Waals surface area contributed by atoms with Crippen molar-refractivity contribution in [1.82, 2.24) is 4.90 Å². The van der Waals surface area contributed by atoms with E-state index in [1.165, 1.54) is 0 Å². The van der Waals surface area contributed by atoms with Gasteiger partial charge in [0, 0.05) is 24.7 Å². The summed E-state index contributed by atoms with van der Waals surface area (Å²) in [7, 11) is 0. The molecule has 1 saturated heterocycles. The maximum atomic E-state index is 12.0. The number of esters is 1. The largest absolute Gasteiger partial charge is 0.489 e. The first kappa shape index (κ1) is 23.6. The molecule has 1 aliphatic rings. The van der Waals surface area contributed by atoms with E-state index in [2.05, 4.69) is 17.9 Å². The van der Waals surface area contributed by atoms with Gasteiger partial charge in [-0.25, -0.2) is 0 Å². The van der Waals surface area contributed by atoms with Crippen molar-refractivity contribution in [2.75, 3.05) is 26.2 Å². The lowest BCUT2D eigenvalue weighted by Gasteiger charge is -2.33. The fourth-order valence-corrected chi connectivity index (χ4v) is 3.84. The Kier molecular flexibility index (Phi) is 7.98. The third-order valence-corrected chi connectivity index (χ3v) is 5.32. The summed E-state index contributed by atoms with van der Waals surface area (Å²) < 4.78 is 17.4. The Labute approximate surface area is 190 Å². The molecule has 0 amide bonds. The number of ether oxygens (including phenoxy) is 3. The number of morpholine rings is 1. The van der Waals surface area contributed by atoms with Crippen LogP contribution in [0.15, 0.2) is 42.5 Å². The predicted octanol–water partition coefficient (Wildman–Crippen LogP) is 5.33. The van der Waals surface area contributed by atoms with Crippen LogP contribution in [0.2, 0.25) is 5.02 Å². The Bertz CT molecular complexity index is 893. The van der Waals surface area contributed by atoms with E-state index in [0.717, 1.165) is 35.5 Å². The minimum absolute atomic E-state index is 0.0191. The van der Waals surface area contributed by atoms with E-state index >= 15 is 0 Å². The highest BCUT2D eigenvalue weighted by atomic mass is 35.5. The van der Waals surface area contributed by atoms with Gasteiger partial charge in [0.15, 0.2) is 0 Å². The van der Waals surface area contributed by atoms with Gasteiger partial charge in [-0.3, -0.25) is 9.69 Å². The van der Waals surface area contributed by atoms with Crippen molar-refractivity contribution in [1.29, 1.82) is 0 Å². The Balaban J connectivity index is 1.54. The SMILES string of the molecule is Cc1cc(OCc2cccc(Cl)c2)ccc1C1CN(CCC(=O)OC(C)(C)C)CCO1. The van der Waals surface area contributed by atoms with Crippen LogP contribution < -0.4 is 4.74 Å². The number of halogens is 1. The van der Waals surface area contributed by atoms with Gasteiger partial charge in [0.1, 0.15) is 18.0 Å². The van der Waals surface area contributed by atoms with E-state index in [1.807, 2.05) is 57.2 Å². The first-order chi connectivity index (χ1) is 14.7. The Morgan fingerprint density at radius 2 is 2.03 bits per heavy atom. The Morgan fingerprint density at radius 3 is 2.74 bits per heavy atom. The van der Waals surface area contributed by atoms with E-state index in [-0.39, 0.29) is 12.1 Å². The molecule has 3 rings (SSSR count). The summed E-state index contributed by atoms with van der Waals surface area (Å²) in [5.41, 5.74) is 2.86. The molecule has 5 nitrogen and oxygen atoms in total. The number of carbonyl (C=O) groups excluding carboxylic acids is 1. The number of aryl methyl sites for hydroxylation is 1. The van der Waals surface area contributed by atoms with Crippen LogP contribution in [0.1, 0.15) is 50.0 Å². The second-order valence-corrected chi connectivity index (χ2v) is 9.37. The highest BCUT2D eigenvalue weighted by Crippen LogP contribution is 2.28. The van der Waals surface area contributed by atoms with E-state index in [1.54, 1.807) is 0 Å². The topological polar surface area (TPSA) is 48.0 Å². The number of carbonyl (C=O) groups is 1. The second-order valence-electron chi connectivity index (χ2n) is 8.93. The van der Waals surface area contributed by atoms with Crippen LogP contribution >= 0.6 is 11.6 Å². The molecule has 2 aromatic carbocycles. The molecule has 1 unspecified atom stereocenters. The number of hydrogen-bond acceptors (Lipinski definition) is 5. The lowest BCUT2D eigenvalue weighted by molar-refractivity contribution is -0.155. The lowest BCUT2D eigenvalue weighted by Crippen LogP contribution is -2.40. The van der Waals surface area contributed by atoms with Crippen molar-refractivity contribution in [3.05, 3.63) is 64.2 Å². The monoisotopic (exact) mass is 445 g/mol. The molecule has 0 bridgehead atoms. The summed E-state index contributed by atoms with van der Waals surface area (Å²) in [6, 6.07) is 13.8. The molecule has 1 heterocycles. The Morgan fingerprint density at radius 1 is 1.23 bits per heavy atom. The van der Waals surface area contributed by atoms with E-state index in [0.29, 0.717) is 31.2 Å². The zero-order valence-electron chi connectivity index (χ0n) is 18.8. The molecule has 0 saturated carbocycles. The number of nitrogens with zero attached hydrogens (tertiary/aromatic N) is 1. The molecule has 1 fully saturated rings. The number of benzene rings is 2.